The molecule has 1 aliphatic rings. The maximum atomic E-state index is 13.6. The minimum atomic E-state index is -0.402. The van der Waals surface area contributed by atoms with E-state index in [0.29, 0.717) is 24.5 Å². The zero-order chi connectivity index (χ0) is 19.6. The summed E-state index contributed by atoms with van der Waals surface area (Å²) in [5.41, 5.74) is 4.62. The van der Waals surface area contributed by atoms with E-state index in [2.05, 4.69) is 35.6 Å². The Hall–Kier alpha value is -3.39. The van der Waals surface area contributed by atoms with Gasteiger partial charge in [-0.3, -0.25) is 4.98 Å². The summed E-state index contributed by atoms with van der Waals surface area (Å²) in [5, 5.41) is 6.77. The molecule has 0 saturated carbocycles. The number of imidazole rings is 1. The maximum Gasteiger partial charge on any atom is 0.163 e. The Kier molecular flexibility index (Phi) is 4.61. The summed E-state index contributed by atoms with van der Waals surface area (Å²) in [7, 11) is 0. The third-order valence-electron chi connectivity index (χ3n) is 4.99. The van der Waals surface area contributed by atoms with Gasteiger partial charge in [0.2, 0.25) is 0 Å². The molecule has 146 valence electrons. The van der Waals surface area contributed by atoms with Crippen LogP contribution < -0.4 is 10.6 Å². The molecule has 0 spiro atoms. The lowest BCUT2D eigenvalue weighted by atomic mass is 10.1. The van der Waals surface area contributed by atoms with E-state index >= 15 is 0 Å². The number of rotatable bonds is 5. The van der Waals surface area contributed by atoms with E-state index in [0.717, 1.165) is 53.3 Å². The number of para-hydroxylation sites is 2. The molecule has 0 amide bonds. The van der Waals surface area contributed by atoms with Crippen molar-refractivity contribution in [3.63, 3.8) is 0 Å². The van der Waals surface area contributed by atoms with Crippen molar-refractivity contribution in [2.24, 2.45) is 0 Å². The highest BCUT2D eigenvalue weighted by Crippen LogP contribution is 2.25. The smallest absolute Gasteiger partial charge is 0.163 e. The predicted molar refractivity (Wildman–Crippen MR) is 109 cm³/mol. The SMILES string of the molecule is Fc1cncc(-c2nc3c(c(NCCc4nc5ccccc5[nH]4)n2)CCNC3)c1. The van der Waals surface area contributed by atoms with E-state index < -0.39 is 5.82 Å². The largest absolute Gasteiger partial charge is 0.369 e. The Morgan fingerprint density at radius 3 is 2.93 bits per heavy atom. The van der Waals surface area contributed by atoms with Crippen LogP contribution >= 0.6 is 0 Å². The molecule has 7 nitrogen and oxygen atoms in total. The molecular formula is C21H20FN7. The number of nitrogens with one attached hydrogen (secondary N) is 3. The monoisotopic (exact) mass is 389 g/mol. The van der Waals surface area contributed by atoms with Crippen LogP contribution in [0.2, 0.25) is 0 Å². The summed E-state index contributed by atoms with van der Waals surface area (Å²) >= 11 is 0. The highest BCUT2D eigenvalue weighted by Gasteiger charge is 2.18. The summed E-state index contributed by atoms with van der Waals surface area (Å²) < 4.78 is 13.6. The van der Waals surface area contributed by atoms with Crippen LogP contribution in [-0.2, 0) is 19.4 Å². The average molecular weight is 389 g/mol. The first-order chi connectivity index (χ1) is 14.3. The van der Waals surface area contributed by atoms with E-state index in [-0.39, 0.29) is 0 Å². The highest BCUT2D eigenvalue weighted by atomic mass is 19.1. The zero-order valence-corrected chi connectivity index (χ0v) is 15.7. The molecule has 0 bridgehead atoms. The molecule has 0 aliphatic carbocycles. The van der Waals surface area contributed by atoms with Crippen molar-refractivity contribution in [3.8, 4) is 11.4 Å². The van der Waals surface area contributed by atoms with Crippen molar-refractivity contribution in [3.05, 3.63) is 65.6 Å². The summed E-state index contributed by atoms with van der Waals surface area (Å²) in [5.74, 6) is 1.80. The highest BCUT2D eigenvalue weighted by molar-refractivity contribution is 5.74. The van der Waals surface area contributed by atoms with Crippen molar-refractivity contribution in [2.45, 2.75) is 19.4 Å². The first-order valence-corrected chi connectivity index (χ1v) is 9.65. The Morgan fingerprint density at radius 1 is 1.10 bits per heavy atom. The molecule has 1 aromatic carbocycles. The molecule has 1 aliphatic heterocycles. The van der Waals surface area contributed by atoms with Crippen molar-refractivity contribution < 1.29 is 4.39 Å². The van der Waals surface area contributed by atoms with Gasteiger partial charge in [-0.05, 0) is 31.2 Å². The fraction of sp³-hybridized carbons (Fsp3) is 0.238. The Labute approximate surface area is 166 Å². The number of pyridine rings is 1. The first kappa shape index (κ1) is 17.7. The molecule has 3 aromatic heterocycles. The quantitative estimate of drug-likeness (QED) is 0.486. The lowest BCUT2D eigenvalue weighted by molar-refractivity contribution is 0.619. The third kappa shape index (κ3) is 3.66. The normalized spacial score (nSPS) is 13.4. The second kappa shape index (κ2) is 7.56. The van der Waals surface area contributed by atoms with E-state index in [1.54, 1.807) is 6.20 Å². The van der Waals surface area contributed by atoms with Crippen LogP contribution in [-0.4, -0.2) is 38.0 Å². The van der Waals surface area contributed by atoms with Gasteiger partial charge in [-0.25, -0.2) is 19.3 Å². The minimum absolute atomic E-state index is 0.402. The maximum absolute atomic E-state index is 13.6. The predicted octanol–water partition coefficient (Wildman–Crippen LogP) is 2.85. The van der Waals surface area contributed by atoms with E-state index in [9.17, 15) is 4.39 Å². The topological polar surface area (TPSA) is 91.4 Å². The van der Waals surface area contributed by atoms with Crippen molar-refractivity contribution >= 4 is 16.9 Å². The van der Waals surface area contributed by atoms with Gasteiger partial charge in [0.25, 0.3) is 0 Å². The second-order valence-electron chi connectivity index (χ2n) is 7.02. The lowest BCUT2D eigenvalue weighted by Crippen LogP contribution is -2.27. The summed E-state index contributed by atoms with van der Waals surface area (Å²) in [6.07, 6.45) is 4.35. The summed E-state index contributed by atoms with van der Waals surface area (Å²) in [6, 6.07) is 9.40. The van der Waals surface area contributed by atoms with Gasteiger partial charge in [-0.1, -0.05) is 12.1 Å². The van der Waals surface area contributed by atoms with Crippen LogP contribution in [0.5, 0.6) is 0 Å². The number of aromatic amines is 1. The third-order valence-corrected chi connectivity index (χ3v) is 4.99. The van der Waals surface area contributed by atoms with E-state index in [1.807, 2.05) is 24.3 Å². The van der Waals surface area contributed by atoms with Gasteiger partial charge in [0.05, 0.1) is 22.9 Å². The Morgan fingerprint density at radius 2 is 2.03 bits per heavy atom. The Balaban J connectivity index is 1.40. The summed E-state index contributed by atoms with van der Waals surface area (Å²) in [6.45, 7) is 2.23. The Bertz CT molecular complexity index is 1140. The van der Waals surface area contributed by atoms with Gasteiger partial charge < -0.3 is 15.6 Å². The van der Waals surface area contributed by atoms with Gasteiger partial charge in [0, 0.05) is 36.8 Å². The number of anilines is 1. The number of aromatic nitrogens is 5. The standard InChI is InChI=1S/C21H20FN7/c22-14-9-13(10-24-11-14)20-28-18-12-23-7-5-15(18)21(29-20)25-8-6-19-26-16-3-1-2-4-17(16)27-19/h1-4,9-11,23H,5-8,12H2,(H,26,27)(H,25,28,29). The summed E-state index contributed by atoms with van der Waals surface area (Å²) in [4.78, 5) is 21.2. The van der Waals surface area contributed by atoms with Crippen LogP contribution in [0.4, 0.5) is 10.2 Å². The van der Waals surface area contributed by atoms with Gasteiger partial charge >= 0.3 is 0 Å². The van der Waals surface area contributed by atoms with Gasteiger partial charge in [-0.2, -0.15) is 0 Å². The molecule has 4 aromatic rings. The molecule has 0 saturated heterocycles. The zero-order valence-electron chi connectivity index (χ0n) is 15.7. The van der Waals surface area contributed by atoms with Crippen LogP contribution in [0, 0.1) is 5.82 Å². The van der Waals surface area contributed by atoms with Crippen LogP contribution in [0.1, 0.15) is 17.1 Å². The van der Waals surface area contributed by atoms with Gasteiger partial charge in [0.1, 0.15) is 17.5 Å². The molecule has 0 fully saturated rings. The molecule has 8 heteroatoms. The van der Waals surface area contributed by atoms with Crippen LogP contribution in [0.3, 0.4) is 0 Å². The molecule has 4 heterocycles. The van der Waals surface area contributed by atoms with Gasteiger partial charge in [-0.15, -0.1) is 0 Å². The van der Waals surface area contributed by atoms with Crippen LogP contribution in [0.25, 0.3) is 22.4 Å². The number of nitrogens with zero attached hydrogens (tertiary/aromatic N) is 4. The van der Waals surface area contributed by atoms with Crippen molar-refractivity contribution in [1.82, 2.24) is 30.2 Å². The van der Waals surface area contributed by atoms with Crippen molar-refractivity contribution in [2.75, 3.05) is 18.4 Å². The fourth-order valence-corrected chi connectivity index (χ4v) is 3.59. The number of halogens is 1. The molecule has 3 N–H and O–H groups in total. The lowest BCUT2D eigenvalue weighted by Gasteiger charge is -2.20. The number of H-pyrrole nitrogens is 1. The molecule has 5 rings (SSSR count). The second-order valence-corrected chi connectivity index (χ2v) is 7.02. The molecular weight excluding hydrogens is 369 g/mol. The minimum Gasteiger partial charge on any atom is -0.369 e. The number of hydrogen-bond donors (Lipinski definition) is 3. The first-order valence-electron chi connectivity index (χ1n) is 9.65. The molecule has 0 unspecified atom stereocenters. The van der Waals surface area contributed by atoms with E-state index in [1.165, 1.54) is 12.3 Å². The van der Waals surface area contributed by atoms with Crippen molar-refractivity contribution in [1.29, 1.82) is 0 Å². The number of hydrogen-bond acceptors (Lipinski definition) is 6. The number of fused-ring (bicyclic) bond motifs is 2. The fourth-order valence-electron chi connectivity index (χ4n) is 3.59. The van der Waals surface area contributed by atoms with Crippen LogP contribution in [0.15, 0.2) is 42.7 Å². The molecule has 0 atom stereocenters. The van der Waals surface area contributed by atoms with Gasteiger partial charge in [0.15, 0.2) is 5.82 Å². The van der Waals surface area contributed by atoms with E-state index in [4.69, 9.17) is 0 Å². The number of benzene rings is 1. The average Bonchev–Trinajstić information content (AvgIpc) is 3.16. The molecule has 0 radical (unpaired) electrons. The molecule has 29 heavy (non-hydrogen) atoms.